The summed E-state index contributed by atoms with van der Waals surface area (Å²) in [5.74, 6) is -0.0368. The van der Waals surface area contributed by atoms with Gasteiger partial charge in [0.25, 0.3) is 5.91 Å². The van der Waals surface area contributed by atoms with E-state index in [2.05, 4.69) is 22.0 Å². The van der Waals surface area contributed by atoms with Gasteiger partial charge in [-0.1, -0.05) is 36.0 Å². The van der Waals surface area contributed by atoms with E-state index >= 15 is 0 Å². The Hall–Kier alpha value is -2.51. The summed E-state index contributed by atoms with van der Waals surface area (Å²) in [6.07, 6.45) is 0. The summed E-state index contributed by atoms with van der Waals surface area (Å²) in [4.78, 5) is 35.0. The highest BCUT2D eigenvalue weighted by Crippen LogP contribution is 2.49. The zero-order valence-electron chi connectivity index (χ0n) is 15.8. The number of likely N-dealkylation sites (N-methyl/N-ethyl adjacent to an activating group) is 1. The minimum Gasteiger partial charge on any atom is -0.337 e. The number of thioether (sulfide) groups is 2. The summed E-state index contributed by atoms with van der Waals surface area (Å²) in [6, 6.07) is 15.3. The molecular formula is C21H19N3O2S2. The maximum absolute atomic E-state index is 13.1. The molecule has 5 nitrogen and oxygen atoms in total. The van der Waals surface area contributed by atoms with Crippen molar-refractivity contribution >= 4 is 51.8 Å². The zero-order valence-corrected chi connectivity index (χ0v) is 17.4. The fourth-order valence-electron chi connectivity index (χ4n) is 3.10. The lowest BCUT2D eigenvalue weighted by Crippen LogP contribution is -2.29. The molecule has 0 saturated carbocycles. The number of fused-ring (bicyclic) bond motifs is 1. The molecule has 1 amide bonds. The summed E-state index contributed by atoms with van der Waals surface area (Å²) >= 11 is 3.00. The number of ketones is 1. The van der Waals surface area contributed by atoms with Gasteiger partial charge in [0.2, 0.25) is 0 Å². The monoisotopic (exact) mass is 409 g/mol. The normalized spacial score (nSPS) is 20.2. The second kappa shape index (κ2) is 7.48. The van der Waals surface area contributed by atoms with E-state index < -0.39 is 0 Å². The number of anilines is 1. The van der Waals surface area contributed by atoms with E-state index in [1.165, 1.54) is 18.7 Å². The topological polar surface area (TPSA) is 53.0 Å². The minimum absolute atomic E-state index is 0.00546. The highest BCUT2D eigenvalue weighted by Gasteiger charge is 2.38. The lowest BCUT2D eigenvalue weighted by atomic mass is 10.1. The van der Waals surface area contributed by atoms with E-state index in [-0.39, 0.29) is 11.7 Å². The number of nitrogens with zero attached hydrogens (tertiary/aromatic N) is 3. The van der Waals surface area contributed by atoms with Crippen LogP contribution >= 0.6 is 23.5 Å². The molecule has 1 fully saturated rings. The Bertz CT molecular complexity index is 1050. The number of rotatable bonds is 3. The lowest BCUT2D eigenvalue weighted by molar-refractivity contribution is -0.122. The van der Waals surface area contributed by atoms with Crippen LogP contribution < -0.4 is 4.90 Å². The smallest absolute Gasteiger partial charge is 0.269 e. The van der Waals surface area contributed by atoms with Gasteiger partial charge in [0.15, 0.2) is 11.0 Å². The van der Waals surface area contributed by atoms with E-state index in [1.54, 1.807) is 28.8 Å². The van der Waals surface area contributed by atoms with Crippen molar-refractivity contribution in [3.05, 3.63) is 64.0 Å². The van der Waals surface area contributed by atoms with E-state index in [0.717, 1.165) is 15.6 Å². The molecule has 4 rings (SSSR count). The van der Waals surface area contributed by atoms with Gasteiger partial charge in [-0.2, -0.15) is 0 Å². The summed E-state index contributed by atoms with van der Waals surface area (Å²) in [6.45, 7) is 4.01. The number of carbonyl (C=O) groups excluding carboxylic acids is 2. The first-order valence-electron chi connectivity index (χ1n) is 8.94. The fraction of sp³-hybridized carbons (Fsp3) is 0.190. The van der Waals surface area contributed by atoms with Gasteiger partial charge >= 0.3 is 0 Å². The van der Waals surface area contributed by atoms with Gasteiger partial charge in [-0.3, -0.25) is 14.5 Å². The minimum atomic E-state index is -0.0314. The molecule has 0 aromatic heterocycles. The molecule has 2 aliphatic heterocycles. The van der Waals surface area contributed by atoms with Crippen molar-refractivity contribution in [2.45, 2.75) is 18.7 Å². The molecule has 0 aliphatic carbocycles. The van der Waals surface area contributed by atoms with Gasteiger partial charge in [0, 0.05) is 24.1 Å². The van der Waals surface area contributed by atoms with E-state index in [9.17, 15) is 9.59 Å². The molecule has 2 aromatic rings. The van der Waals surface area contributed by atoms with Crippen molar-refractivity contribution < 1.29 is 9.59 Å². The second-order valence-electron chi connectivity index (χ2n) is 6.42. The Balaban J connectivity index is 1.72. The van der Waals surface area contributed by atoms with Crippen LogP contribution in [-0.2, 0) is 4.79 Å². The number of amides is 1. The number of benzene rings is 2. The molecule has 2 heterocycles. The second-order valence-corrected chi connectivity index (χ2v) is 8.42. The molecule has 2 aliphatic rings. The Labute approximate surface area is 172 Å². The van der Waals surface area contributed by atoms with E-state index in [1.807, 2.05) is 38.2 Å². The summed E-state index contributed by atoms with van der Waals surface area (Å²) in [7, 11) is 1.98. The first kappa shape index (κ1) is 18.8. The zero-order chi connectivity index (χ0) is 19.8. The third kappa shape index (κ3) is 3.25. The Kier molecular flexibility index (Phi) is 5.03. The SMILES string of the molecule is CCN1C(=O)/C(=C2/Sc3ccccc3N2C)SC1=Nc1cccc(C(C)=O)c1. The average molecular weight is 410 g/mol. The first-order valence-corrected chi connectivity index (χ1v) is 10.6. The summed E-state index contributed by atoms with van der Waals surface area (Å²) < 4.78 is 0. The van der Waals surface area contributed by atoms with Crippen LogP contribution in [0, 0.1) is 0 Å². The highest BCUT2D eigenvalue weighted by molar-refractivity contribution is 8.19. The summed E-state index contributed by atoms with van der Waals surface area (Å²) in [5.41, 5.74) is 2.38. The quantitative estimate of drug-likeness (QED) is 0.534. The average Bonchev–Trinajstić information content (AvgIpc) is 3.18. The predicted octanol–water partition coefficient (Wildman–Crippen LogP) is 4.88. The first-order chi connectivity index (χ1) is 13.5. The van der Waals surface area contributed by atoms with Gasteiger partial charge in [0.1, 0.15) is 4.91 Å². The number of carbonyl (C=O) groups is 2. The molecule has 0 radical (unpaired) electrons. The van der Waals surface area contributed by atoms with Gasteiger partial charge in [-0.05, 0) is 49.9 Å². The van der Waals surface area contributed by atoms with Crippen LogP contribution in [0.4, 0.5) is 11.4 Å². The van der Waals surface area contributed by atoms with Crippen molar-refractivity contribution in [3.63, 3.8) is 0 Å². The molecule has 2 aromatic carbocycles. The maximum Gasteiger partial charge on any atom is 0.269 e. The molecule has 0 N–H and O–H groups in total. The molecule has 0 atom stereocenters. The molecule has 1 saturated heterocycles. The van der Waals surface area contributed by atoms with Crippen molar-refractivity contribution in [1.29, 1.82) is 0 Å². The van der Waals surface area contributed by atoms with Gasteiger partial charge in [0.05, 0.1) is 16.4 Å². The molecule has 0 spiro atoms. The standard InChI is InChI=1S/C21H19N3O2S2/c1-4-24-19(26)18(20-23(3)16-10-5-6-11-17(16)27-20)28-21(24)22-15-9-7-8-14(12-15)13(2)25/h5-12H,4H2,1-3H3/b20-18-,22-21?. The van der Waals surface area contributed by atoms with Gasteiger partial charge < -0.3 is 4.90 Å². The molecular weight excluding hydrogens is 390 g/mol. The largest absolute Gasteiger partial charge is 0.337 e. The number of para-hydroxylation sites is 1. The van der Waals surface area contributed by atoms with Crippen LogP contribution in [0.1, 0.15) is 24.2 Å². The number of hydrogen-bond donors (Lipinski definition) is 0. The predicted molar refractivity (Wildman–Crippen MR) is 116 cm³/mol. The van der Waals surface area contributed by atoms with Crippen LogP contribution in [0.5, 0.6) is 0 Å². The molecule has 142 valence electrons. The lowest BCUT2D eigenvalue weighted by Gasteiger charge is -2.15. The van der Waals surface area contributed by atoms with Gasteiger partial charge in [-0.25, -0.2) is 4.99 Å². The van der Waals surface area contributed by atoms with Crippen LogP contribution in [0.25, 0.3) is 0 Å². The number of Topliss-reactive ketones (excluding diaryl/α,β-unsaturated/α-hetero) is 1. The molecule has 0 bridgehead atoms. The Morgan fingerprint density at radius 2 is 1.89 bits per heavy atom. The Morgan fingerprint density at radius 1 is 1.11 bits per heavy atom. The van der Waals surface area contributed by atoms with Crippen molar-refractivity contribution in [2.24, 2.45) is 4.99 Å². The van der Waals surface area contributed by atoms with Crippen molar-refractivity contribution in [3.8, 4) is 0 Å². The fourth-order valence-corrected chi connectivity index (χ4v) is 5.51. The summed E-state index contributed by atoms with van der Waals surface area (Å²) in [5, 5.41) is 1.57. The third-order valence-corrected chi connectivity index (χ3v) is 7.02. The number of amidine groups is 1. The van der Waals surface area contributed by atoms with E-state index in [0.29, 0.717) is 27.9 Å². The van der Waals surface area contributed by atoms with Crippen molar-refractivity contribution in [1.82, 2.24) is 4.90 Å². The van der Waals surface area contributed by atoms with E-state index in [4.69, 9.17) is 0 Å². The van der Waals surface area contributed by atoms with Crippen LogP contribution in [0.3, 0.4) is 0 Å². The molecule has 7 heteroatoms. The van der Waals surface area contributed by atoms with Crippen LogP contribution in [0.15, 0.2) is 68.4 Å². The molecule has 28 heavy (non-hydrogen) atoms. The number of hydrogen-bond acceptors (Lipinski definition) is 6. The van der Waals surface area contributed by atoms with Crippen molar-refractivity contribution in [2.75, 3.05) is 18.5 Å². The van der Waals surface area contributed by atoms with Gasteiger partial charge in [-0.15, -0.1) is 0 Å². The molecule has 0 unspecified atom stereocenters. The van der Waals surface area contributed by atoms with Crippen LogP contribution in [-0.4, -0.2) is 35.4 Å². The number of aliphatic imine (C=N–C) groups is 1. The highest BCUT2D eigenvalue weighted by atomic mass is 32.2. The Morgan fingerprint density at radius 3 is 2.61 bits per heavy atom. The maximum atomic E-state index is 13.1. The third-order valence-electron chi connectivity index (χ3n) is 4.59. The van der Waals surface area contributed by atoms with Crippen LogP contribution in [0.2, 0.25) is 0 Å².